The van der Waals surface area contributed by atoms with Crippen LogP contribution in [0.5, 0.6) is 0 Å². The normalized spacial score (nSPS) is 11.5. The Morgan fingerprint density at radius 1 is 0.588 bits per heavy atom. The number of fused-ring (bicyclic) bond motifs is 4. The van der Waals surface area contributed by atoms with Crippen molar-refractivity contribution >= 4 is 42.5 Å². The number of imidazole rings is 1. The molecule has 0 spiro atoms. The standard InChI is InChI=1S/C31H20N2S/c1-2-12-23(13-3-1)33-28-18-6-5-17-27(28)32-31(33)22-11-8-10-21(20-22)24-15-9-16-26-25-14-4-7-19-29(25)34-30(24)26/h1-20H. The van der Waals surface area contributed by atoms with E-state index in [9.17, 15) is 0 Å². The van der Waals surface area contributed by atoms with E-state index in [2.05, 4.69) is 120 Å². The monoisotopic (exact) mass is 452 g/mol. The van der Waals surface area contributed by atoms with Crippen LogP contribution in [0.15, 0.2) is 121 Å². The van der Waals surface area contributed by atoms with Crippen molar-refractivity contribution in [3.05, 3.63) is 121 Å². The van der Waals surface area contributed by atoms with Gasteiger partial charge in [-0.15, -0.1) is 11.3 Å². The summed E-state index contributed by atoms with van der Waals surface area (Å²) < 4.78 is 4.92. The summed E-state index contributed by atoms with van der Waals surface area (Å²) in [6, 6.07) is 42.9. The third-order valence-corrected chi connectivity index (χ3v) is 7.63. The van der Waals surface area contributed by atoms with Crippen LogP contribution in [-0.4, -0.2) is 9.55 Å². The Morgan fingerprint density at radius 2 is 1.32 bits per heavy atom. The molecule has 3 heteroatoms. The first-order valence-corrected chi connectivity index (χ1v) is 12.2. The highest BCUT2D eigenvalue weighted by Crippen LogP contribution is 2.40. The minimum Gasteiger partial charge on any atom is -0.292 e. The molecule has 0 aliphatic carbocycles. The van der Waals surface area contributed by atoms with Crippen LogP contribution in [0.25, 0.3) is 59.4 Å². The minimum absolute atomic E-state index is 0.956. The van der Waals surface area contributed by atoms with Crippen molar-refractivity contribution in [1.82, 2.24) is 9.55 Å². The third kappa shape index (κ3) is 2.98. The van der Waals surface area contributed by atoms with Crippen molar-refractivity contribution in [2.24, 2.45) is 0 Å². The second kappa shape index (κ2) is 7.68. The topological polar surface area (TPSA) is 17.8 Å². The molecule has 0 bridgehead atoms. The second-order valence-electron chi connectivity index (χ2n) is 8.46. The Morgan fingerprint density at radius 3 is 2.26 bits per heavy atom. The maximum Gasteiger partial charge on any atom is 0.145 e. The van der Waals surface area contributed by atoms with Crippen LogP contribution in [0, 0.1) is 0 Å². The van der Waals surface area contributed by atoms with Gasteiger partial charge in [-0.25, -0.2) is 4.98 Å². The van der Waals surface area contributed by atoms with Gasteiger partial charge in [0.25, 0.3) is 0 Å². The highest BCUT2D eigenvalue weighted by atomic mass is 32.1. The lowest BCUT2D eigenvalue weighted by Crippen LogP contribution is -1.97. The molecule has 0 aliphatic rings. The summed E-state index contributed by atoms with van der Waals surface area (Å²) in [5.74, 6) is 0.956. The fourth-order valence-electron chi connectivity index (χ4n) is 4.86. The largest absolute Gasteiger partial charge is 0.292 e. The molecule has 0 saturated heterocycles. The average molecular weight is 453 g/mol. The van der Waals surface area contributed by atoms with Crippen LogP contribution in [-0.2, 0) is 0 Å². The molecule has 2 aromatic heterocycles. The van der Waals surface area contributed by atoms with Crippen molar-refractivity contribution < 1.29 is 0 Å². The van der Waals surface area contributed by atoms with Gasteiger partial charge in [-0.3, -0.25) is 4.57 Å². The van der Waals surface area contributed by atoms with Gasteiger partial charge >= 0.3 is 0 Å². The maximum atomic E-state index is 5.06. The molecule has 7 aromatic rings. The summed E-state index contributed by atoms with van der Waals surface area (Å²) in [7, 11) is 0. The SMILES string of the molecule is c1ccc(-n2c(-c3cccc(-c4cccc5c4sc4ccccc45)c3)nc3ccccc32)cc1. The van der Waals surface area contributed by atoms with E-state index in [0.717, 1.165) is 28.1 Å². The van der Waals surface area contributed by atoms with Crippen LogP contribution in [0.2, 0.25) is 0 Å². The molecule has 0 amide bonds. The summed E-state index contributed by atoms with van der Waals surface area (Å²) in [6.07, 6.45) is 0. The number of hydrogen-bond acceptors (Lipinski definition) is 2. The highest BCUT2D eigenvalue weighted by Gasteiger charge is 2.16. The van der Waals surface area contributed by atoms with Crippen molar-refractivity contribution in [3.63, 3.8) is 0 Å². The van der Waals surface area contributed by atoms with E-state index < -0.39 is 0 Å². The highest BCUT2D eigenvalue weighted by molar-refractivity contribution is 7.26. The van der Waals surface area contributed by atoms with Gasteiger partial charge in [-0.2, -0.15) is 0 Å². The third-order valence-electron chi connectivity index (χ3n) is 6.41. The molecule has 5 aromatic carbocycles. The average Bonchev–Trinajstić information content (AvgIpc) is 3.48. The molecular weight excluding hydrogens is 432 g/mol. The number of para-hydroxylation sites is 3. The van der Waals surface area contributed by atoms with E-state index in [1.54, 1.807) is 0 Å². The molecule has 0 atom stereocenters. The summed E-state index contributed by atoms with van der Waals surface area (Å²) in [5.41, 5.74) is 6.81. The minimum atomic E-state index is 0.956. The Labute approximate surface area is 201 Å². The lowest BCUT2D eigenvalue weighted by atomic mass is 10.0. The van der Waals surface area contributed by atoms with Crippen LogP contribution in [0.1, 0.15) is 0 Å². The lowest BCUT2D eigenvalue weighted by molar-refractivity contribution is 1.10. The van der Waals surface area contributed by atoms with E-state index in [4.69, 9.17) is 4.98 Å². The second-order valence-corrected chi connectivity index (χ2v) is 9.51. The summed E-state index contributed by atoms with van der Waals surface area (Å²) in [5, 5.41) is 2.64. The van der Waals surface area contributed by atoms with Gasteiger partial charge < -0.3 is 0 Å². The van der Waals surface area contributed by atoms with E-state index in [0.29, 0.717) is 0 Å². The van der Waals surface area contributed by atoms with Crippen LogP contribution in [0.4, 0.5) is 0 Å². The molecule has 0 unspecified atom stereocenters. The number of hydrogen-bond donors (Lipinski definition) is 0. The zero-order valence-electron chi connectivity index (χ0n) is 18.3. The van der Waals surface area contributed by atoms with Crippen LogP contribution in [0.3, 0.4) is 0 Å². The fraction of sp³-hybridized carbons (Fsp3) is 0. The molecule has 2 nitrogen and oxygen atoms in total. The van der Waals surface area contributed by atoms with Crippen molar-refractivity contribution in [2.45, 2.75) is 0 Å². The smallest absolute Gasteiger partial charge is 0.145 e. The molecule has 34 heavy (non-hydrogen) atoms. The summed E-state index contributed by atoms with van der Waals surface area (Å²) in [6.45, 7) is 0. The first-order chi connectivity index (χ1) is 16.9. The molecule has 0 saturated carbocycles. The summed E-state index contributed by atoms with van der Waals surface area (Å²) >= 11 is 1.87. The number of rotatable bonds is 3. The molecule has 160 valence electrons. The van der Waals surface area contributed by atoms with E-state index in [1.165, 1.54) is 31.3 Å². The van der Waals surface area contributed by atoms with E-state index >= 15 is 0 Å². The lowest BCUT2D eigenvalue weighted by Gasteiger charge is -2.11. The van der Waals surface area contributed by atoms with Crippen molar-refractivity contribution in [2.75, 3.05) is 0 Å². The molecule has 2 heterocycles. The fourth-order valence-corrected chi connectivity index (χ4v) is 6.10. The number of nitrogens with zero attached hydrogens (tertiary/aromatic N) is 2. The Kier molecular flexibility index (Phi) is 4.36. The van der Waals surface area contributed by atoms with Gasteiger partial charge in [0.05, 0.1) is 11.0 Å². The van der Waals surface area contributed by atoms with Gasteiger partial charge in [0.1, 0.15) is 5.82 Å². The number of aromatic nitrogens is 2. The Hall–Kier alpha value is -4.21. The van der Waals surface area contributed by atoms with Crippen molar-refractivity contribution in [3.8, 4) is 28.2 Å². The molecule has 0 N–H and O–H groups in total. The number of benzene rings is 5. The van der Waals surface area contributed by atoms with E-state index in [-0.39, 0.29) is 0 Å². The van der Waals surface area contributed by atoms with Crippen LogP contribution >= 0.6 is 11.3 Å². The maximum absolute atomic E-state index is 5.06. The quantitative estimate of drug-likeness (QED) is 0.262. The van der Waals surface area contributed by atoms with E-state index in [1.807, 2.05) is 17.4 Å². The predicted octanol–water partition coefficient (Wildman–Crippen LogP) is 8.73. The molecule has 0 fully saturated rings. The van der Waals surface area contributed by atoms with Crippen molar-refractivity contribution in [1.29, 1.82) is 0 Å². The number of thiophene rings is 1. The van der Waals surface area contributed by atoms with Gasteiger partial charge in [0.2, 0.25) is 0 Å². The Balaban J connectivity index is 1.46. The molecular formula is C31H20N2S. The predicted molar refractivity (Wildman–Crippen MR) is 145 cm³/mol. The summed E-state index contributed by atoms with van der Waals surface area (Å²) in [4.78, 5) is 5.06. The molecule has 0 radical (unpaired) electrons. The van der Waals surface area contributed by atoms with Gasteiger partial charge in [-0.05, 0) is 47.5 Å². The molecule has 7 rings (SSSR count). The molecule has 0 aliphatic heterocycles. The zero-order valence-corrected chi connectivity index (χ0v) is 19.2. The van der Waals surface area contributed by atoms with Crippen LogP contribution < -0.4 is 0 Å². The Bertz CT molecular complexity index is 1810. The van der Waals surface area contributed by atoms with Gasteiger partial charge in [0, 0.05) is 31.4 Å². The zero-order chi connectivity index (χ0) is 22.5. The first kappa shape index (κ1) is 19.3. The first-order valence-electron chi connectivity index (χ1n) is 11.4. The van der Waals surface area contributed by atoms with Gasteiger partial charge in [-0.1, -0.05) is 84.9 Å². The van der Waals surface area contributed by atoms with Gasteiger partial charge in [0.15, 0.2) is 0 Å².